The summed E-state index contributed by atoms with van der Waals surface area (Å²) in [6.07, 6.45) is 2.73. The Morgan fingerprint density at radius 3 is 2.25 bits per heavy atom. The quantitative estimate of drug-likeness (QED) is 0.484. The molecule has 0 bridgehead atoms. The first-order chi connectivity index (χ1) is 3.66. The highest BCUT2D eigenvalue weighted by atomic mass is 19.1. The molecule has 8 heavy (non-hydrogen) atoms. The predicted molar refractivity (Wildman–Crippen MR) is 34.2 cm³/mol. The van der Waals surface area contributed by atoms with Gasteiger partial charge in [-0.15, -0.1) is 0 Å². The number of allylic oxidation sites excluding steroid dienone is 3. The van der Waals surface area contributed by atoms with Crippen molar-refractivity contribution in [3.63, 3.8) is 0 Å². The summed E-state index contributed by atoms with van der Waals surface area (Å²) in [4.78, 5) is 0. The zero-order valence-corrected chi connectivity index (χ0v) is 5.32. The molecule has 0 atom stereocenters. The van der Waals surface area contributed by atoms with Gasteiger partial charge < -0.3 is 0 Å². The number of halogens is 1. The standard InChI is InChI=1S/C7H11F/c1-4-7(8)5-6(2)3/h4-6H,1H2,2-3H3/b7-5+. The summed E-state index contributed by atoms with van der Waals surface area (Å²) >= 11 is 0. The SMILES string of the molecule is C=C/C(F)=C\C(C)C. The molecule has 0 aromatic heterocycles. The van der Waals surface area contributed by atoms with E-state index in [4.69, 9.17) is 0 Å². The fraction of sp³-hybridized carbons (Fsp3) is 0.429. The lowest BCUT2D eigenvalue weighted by Gasteiger charge is -1.91. The summed E-state index contributed by atoms with van der Waals surface area (Å²) in [5, 5.41) is 0. The van der Waals surface area contributed by atoms with Crippen molar-refractivity contribution in [2.45, 2.75) is 13.8 Å². The zero-order valence-electron chi connectivity index (χ0n) is 5.32. The van der Waals surface area contributed by atoms with Gasteiger partial charge in [-0.05, 0) is 18.1 Å². The molecule has 0 saturated carbocycles. The van der Waals surface area contributed by atoms with Crippen molar-refractivity contribution in [1.82, 2.24) is 0 Å². The van der Waals surface area contributed by atoms with E-state index in [1.54, 1.807) is 0 Å². The van der Waals surface area contributed by atoms with Gasteiger partial charge in [-0.1, -0.05) is 20.4 Å². The normalized spacial score (nSPS) is 12.2. The maximum Gasteiger partial charge on any atom is 0.118 e. The zero-order chi connectivity index (χ0) is 6.57. The van der Waals surface area contributed by atoms with Crippen molar-refractivity contribution in [1.29, 1.82) is 0 Å². The Balaban J connectivity index is 3.74. The molecule has 0 aromatic rings. The smallest absolute Gasteiger partial charge is 0.118 e. The first kappa shape index (κ1) is 7.41. The van der Waals surface area contributed by atoms with Crippen LogP contribution in [0.15, 0.2) is 24.6 Å². The van der Waals surface area contributed by atoms with E-state index in [0.717, 1.165) is 0 Å². The summed E-state index contributed by atoms with van der Waals surface area (Å²) in [6.45, 7) is 7.11. The van der Waals surface area contributed by atoms with E-state index in [1.807, 2.05) is 13.8 Å². The molecule has 0 unspecified atom stereocenters. The average molecular weight is 114 g/mol. The predicted octanol–water partition coefficient (Wildman–Crippen LogP) is 2.68. The Kier molecular flexibility index (Phi) is 3.16. The molecule has 0 N–H and O–H groups in total. The van der Waals surface area contributed by atoms with Crippen LogP contribution in [0.25, 0.3) is 0 Å². The molecule has 0 saturated heterocycles. The first-order valence-corrected chi connectivity index (χ1v) is 2.66. The average Bonchev–Trinajstić information content (AvgIpc) is 1.65. The van der Waals surface area contributed by atoms with Crippen molar-refractivity contribution in [3.05, 3.63) is 24.6 Å². The molecule has 1 heteroatoms. The summed E-state index contributed by atoms with van der Waals surface area (Å²) in [5.74, 6) is 0.0352. The van der Waals surface area contributed by atoms with E-state index in [9.17, 15) is 4.39 Å². The molecule has 0 amide bonds. The highest BCUT2D eigenvalue weighted by Crippen LogP contribution is 2.02. The second-order valence-corrected chi connectivity index (χ2v) is 2.00. The van der Waals surface area contributed by atoms with Gasteiger partial charge in [0.05, 0.1) is 0 Å². The van der Waals surface area contributed by atoms with Crippen LogP contribution in [0.3, 0.4) is 0 Å². The summed E-state index contributed by atoms with van der Waals surface area (Å²) in [6, 6.07) is 0. The second kappa shape index (κ2) is 3.42. The third kappa shape index (κ3) is 3.59. The molecule has 0 fully saturated rings. The largest absolute Gasteiger partial charge is 0.207 e. The van der Waals surface area contributed by atoms with E-state index in [0.29, 0.717) is 0 Å². The molecule has 0 nitrogen and oxygen atoms in total. The van der Waals surface area contributed by atoms with Gasteiger partial charge in [-0.25, -0.2) is 4.39 Å². The van der Waals surface area contributed by atoms with Gasteiger partial charge in [0.25, 0.3) is 0 Å². The van der Waals surface area contributed by atoms with Gasteiger partial charge in [0.15, 0.2) is 0 Å². The minimum Gasteiger partial charge on any atom is -0.207 e. The Morgan fingerprint density at radius 1 is 1.62 bits per heavy atom. The van der Waals surface area contributed by atoms with Gasteiger partial charge in [0.1, 0.15) is 5.83 Å². The van der Waals surface area contributed by atoms with Crippen LogP contribution < -0.4 is 0 Å². The van der Waals surface area contributed by atoms with Crippen LogP contribution in [-0.4, -0.2) is 0 Å². The number of rotatable bonds is 2. The van der Waals surface area contributed by atoms with Crippen molar-refractivity contribution < 1.29 is 4.39 Å². The van der Waals surface area contributed by atoms with E-state index < -0.39 is 0 Å². The van der Waals surface area contributed by atoms with Crippen LogP contribution >= 0.6 is 0 Å². The lowest BCUT2D eigenvalue weighted by atomic mass is 10.2. The molecule has 0 aliphatic carbocycles. The molecule has 46 valence electrons. The summed E-state index contributed by atoms with van der Waals surface area (Å²) < 4.78 is 12.1. The minimum absolute atomic E-state index is 0.236. The van der Waals surface area contributed by atoms with Gasteiger partial charge in [-0.3, -0.25) is 0 Å². The van der Waals surface area contributed by atoms with Crippen LogP contribution in [0.2, 0.25) is 0 Å². The molecular formula is C7H11F. The molecule has 0 spiro atoms. The number of hydrogen-bond acceptors (Lipinski definition) is 0. The molecule has 0 aromatic carbocycles. The third-order valence-electron chi connectivity index (χ3n) is 0.688. The maximum atomic E-state index is 12.1. The molecular weight excluding hydrogens is 103 g/mol. The van der Waals surface area contributed by atoms with E-state index in [2.05, 4.69) is 6.58 Å². The Morgan fingerprint density at radius 2 is 2.12 bits per heavy atom. The van der Waals surface area contributed by atoms with Gasteiger partial charge >= 0.3 is 0 Å². The molecule has 0 aliphatic rings. The Hall–Kier alpha value is -0.590. The third-order valence-corrected chi connectivity index (χ3v) is 0.688. The lowest BCUT2D eigenvalue weighted by Crippen LogP contribution is -1.77. The lowest BCUT2D eigenvalue weighted by molar-refractivity contribution is 0.645. The monoisotopic (exact) mass is 114 g/mol. The summed E-state index contributed by atoms with van der Waals surface area (Å²) in [7, 11) is 0. The Labute approximate surface area is 49.7 Å². The highest BCUT2D eigenvalue weighted by Gasteiger charge is 1.87. The van der Waals surface area contributed by atoms with Gasteiger partial charge in [0.2, 0.25) is 0 Å². The summed E-state index contributed by atoms with van der Waals surface area (Å²) in [5.41, 5.74) is 0. The minimum atomic E-state index is -0.236. The molecule has 0 heterocycles. The van der Waals surface area contributed by atoms with E-state index >= 15 is 0 Å². The first-order valence-electron chi connectivity index (χ1n) is 2.66. The molecule has 0 radical (unpaired) electrons. The van der Waals surface area contributed by atoms with Gasteiger partial charge in [-0.2, -0.15) is 0 Å². The fourth-order valence-corrected chi connectivity index (χ4v) is 0.386. The van der Waals surface area contributed by atoms with Crippen molar-refractivity contribution >= 4 is 0 Å². The van der Waals surface area contributed by atoms with Crippen LogP contribution in [0.5, 0.6) is 0 Å². The van der Waals surface area contributed by atoms with Crippen LogP contribution in [0.1, 0.15) is 13.8 Å². The van der Waals surface area contributed by atoms with E-state index in [1.165, 1.54) is 12.2 Å². The van der Waals surface area contributed by atoms with E-state index in [-0.39, 0.29) is 11.7 Å². The van der Waals surface area contributed by atoms with Crippen LogP contribution in [-0.2, 0) is 0 Å². The molecule has 0 aliphatic heterocycles. The molecule has 0 rings (SSSR count). The second-order valence-electron chi connectivity index (χ2n) is 2.00. The number of hydrogen-bond donors (Lipinski definition) is 0. The fourth-order valence-electron chi connectivity index (χ4n) is 0.386. The maximum absolute atomic E-state index is 12.1. The Bertz CT molecular complexity index is 101. The van der Waals surface area contributed by atoms with Crippen molar-refractivity contribution in [2.24, 2.45) is 5.92 Å². The van der Waals surface area contributed by atoms with Crippen molar-refractivity contribution in [3.8, 4) is 0 Å². The van der Waals surface area contributed by atoms with Crippen LogP contribution in [0, 0.1) is 5.92 Å². The topological polar surface area (TPSA) is 0 Å². The van der Waals surface area contributed by atoms with Crippen LogP contribution in [0.4, 0.5) is 4.39 Å². The highest BCUT2D eigenvalue weighted by molar-refractivity contribution is 5.07. The van der Waals surface area contributed by atoms with Crippen molar-refractivity contribution in [2.75, 3.05) is 0 Å². The van der Waals surface area contributed by atoms with Gasteiger partial charge in [0, 0.05) is 0 Å².